The number of rotatable bonds is 3. The lowest BCUT2D eigenvalue weighted by molar-refractivity contribution is -0.149. The maximum Gasteiger partial charge on any atom is 0.343 e. The lowest BCUT2D eigenvalue weighted by Crippen LogP contribution is -2.38. The van der Waals surface area contributed by atoms with Crippen LogP contribution in [-0.4, -0.2) is 45.6 Å². The molecule has 23 heavy (non-hydrogen) atoms. The summed E-state index contributed by atoms with van der Waals surface area (Å²) in [6.07, 6.45) is -0.198. The summed E-state index contributed by atoms with van der Waals surface area (Å²) in [5.41, 5.74) is -1.84. The van der Waals surface area contributed by atoms with E-state index in [-0.39, 0.29) is 13.0 Å². The minimum Gasteiger partial charge on any atom is -0.479 e. The summed E-state index contributed by atoms with van der Waals surface area (Å²) in [7, 11) is 0. The van der Waals surface area contributed by atoms with Gasteiger partial charge in [0.25, 0.3) is 5.91 Å². The van der Waals surface area contributed by atoms with Gasteiger partial charge in [-0.15, -0.1) is 11.3 Å². The summed E-state index contributed by atoms with van der Waals surface area (Å²) < 4.78 is 19.6. The molecule has 2 aromatic rings. The van der Waals surface area contributed by atoms with Gasteiger partial charge in [-0.1, -0.05) is 0 Å². The van der Waals surface area contributed by atoms with Crippen molar-refractivity contribution in [2.45, 2.75) is 25.9 Å². The Morgan fingerprint density at radius 3 is 2.74 bits per heavy atom. The minimum absolute atomic E-state index is 0.0775. The van der Waals surface area contributed by atoms with Crippen LogP contribution in [0.2, 0.25) is 0 Å². The Balaban J connectivity index is 1.84. The lowest BCUT2D eigenvalue weighted by atomic mass is 10.1. The fourth-order valence-electron chi connectivity index (χ4n) is 2.51. The van der Waals surface area contributed by atoms with E-state index < -0.39 is 24.1 Å². The smallest absolute Gasteiger partial charge is 0.343 e. The molecule has 8 heteroatoms. The van der Waals surface area contributed by atoms with Crippen LogP contribution in [0.5, 0.6) is 0 Å². The zero-order chi connectivity index (χ0) is 16.8. The average Bonchev–Trinajstić information content (AvgIpc) is 3.18. The van der Waals surface area contributed by atoms with Crippen molar-refractivity contribution in [2.24, 2.45) is 0 Å². The van der Waals surface area contributed by atoms with Crippen LogP contribution >= 0.6 is 11.3 Å². The summed E-state index contributed by atoms with van der Waals surface area (Å²) in [6, 6.07) is 3.58. The highest BCUT2D eigenvalue weighted by Crippen LogP contribution is 2.32. The van der Waals surface area contributed by atoms with E-state index in [2.05, 4.69) is 4.98 Å². The molecule has 1 aliphatic rings. The number of carbonyl (C=O) groups is 2. The van der Waals surface area contributed by atoms with Gasteiger partial charge in [0.05, 0.1) is 12.2 Å². The molecular formula is C15H15FN2O4S. The van der Waals surface area contributed by atoms with Gasteiger partial charge in [-0.05, 0) is 26.0 Å². The van der Waals surface area contributed by atoms with Crippen LogP contribution in [0, 0.1) is 13.8 Å². The van der Waals surface area contributed by atoms with Gasteiger partial charge in [0.1, 0.15) is 10.6 Å². The minimum atomic E-state index is -2.37. The van der Waals surface area contributed by atoms with E-state index in [4.69, 9.17) is 9.52 Å². The second-order valence-corrected chi connectivity index (χ2v) is 6.59. The number of aryl methyl sites for hydroxylation is 2. The van der Waals surface area contributed by atoms with Gasteiger partial charge in [-0.2, -0.15) is 0 Å². The van der Waals surface area contributed by atoms with Gasteiger partial charge in [0.15, 0.2) is 10.8 Å². The number of hydrogen-bond donors (Lipinski definition) is 1. The number of carboxylic acids is 1. The topological polar surface area (TPSA) is 83.6 Å². The van der Waals surface area contributed by atoms with Crippen molar-refractivity contribution < 1.29 is 23.5 Å². The van der Waals surface area contributed by atoms with Crippen LogP contribution in [0.4, 0.5) is 4.39 Å². The molecule has 122 valence electrons. The van der Waals surface area contributed by atoms with E-state index in [1.165, 1.54) is 4.90 Å². The molecule has 3 heterocycles. The summed E-state index contributed by atoms with van der Waals surface area (Å²) in [4.78, 5) is 29.4. The number of amides is 1. The first kappa shape index (κ1) is 15.7. The zero-order valence-electron chi connectivity index (χ0n) is 12.6. The van der Waals surface area contributed by atoms with E-state index in [0.29, 0.717) is 21.3 Å². The molecule has 0 spiro atoms. The van der Waals surface area contributed by atoms with Crippen molar-refractivity contribution in [2.75, 3.05) is 13.1 Å². The van der Waals surface area contributed by atoms with Gasteiger partial charge < -0.3 is 14.4 Å². The van der Waals surface area contributed by atoms with Crippen molar-refractivity contribution in [3.8, 4) is 10.8 Å². The molecule has 1 fully saturated rings. The van der Waals surface area contributed by atoms with Crippen molar-refractivity contribution >= 4 is 23.2 Å². The van der Waals surface area contributed by atoms with Crippen molar-refractivity contribution in [3.63, 3.8) is 0 Å². The number of hydrogen-bond acceptors (Lipinski definition) is 5. The molecule has 2 aromatic heterocycles. The summed E-state index contributed by atoms with van der Waals surface area (Å²) in [6.45, 7) is 3.15. The van der Waals surface area contributed by atoms with Gasteiger partial charge >= 0.3 is 5.97 Å². The number of aromatic nitrogens is 1. The molecule has 0 saturated carbocycles. The third kappa shape index (κ3) is 2.74. The largest absolute Gasteiger partial charge is 0.479 e. The average molecular weight is 338 g/mol. The molecule has 1 amide bonds. The summed E-state index contributed by atoms with van der Waals surface area (Å²) in [5.74, 6) is -0.610. The second kappa shape index (κ2) is 5.45. The Labute approximate surface area is 135 Å². The highest BCUT2D eigenvalue weighted by Gasteiger charge is 2.47. The number of likely N-dealkylation sites (tertiary alicyclic amines) is 1. The Morgan fingerprint density at radius 1 is 1.43 bits per heavy atom. The third-order valence-electron chi connectivity index (χ3n) is 3.83. The molecule has 1 N–H and O–H groups in total. The number of carbonyl (C=O) groups excluding carboxylic acids is 1. The summed E-state index contributed by atoms with van der Waals surface area (Å²) in [5, 5.41) is 9.49. The molecule has 0 bridgehead atoms. The maximum absolute atomic E-state index is 14.1. The monoisotopic (exact) mass is 338 g/mol. The standard InChI is InChI=1S/C15H15FN2O4S/c1-8-3-4-10(22-8)12-17-9(2)11(23-12)13(19)18-6-5-15(16,7-18)14(20)21/h3-4H,5-7H2,1-2H3,(H,20,21). The predicted octanol–water partition coefficient (Wildman–Crippen LogP) is 2.66. The molecule has 0 radical (unpaired) electrons. The molecule has 1 aliphatic heterocycles. The quantitative estimate of drug-likeness (QED) is 0.930. The fraction of sp³-hybridized carbons (Fsp3) is 0.400. The Hall–Kier alpha value is -2.22. The molecule has 1 atom stereocenters. The van der Waals surface area contributed by atoms with E-state index in [9.17, 15) is 14.0 Å². The molecular weight excluding hydrogens is 323 g/mol. The Morgan fingerprint density at radius 2 is 2.17 bits per heavy atom. The number of nitrogens with zero attached hydrogens (tertiary/aromatic N) is 2. The van der Waals surface area contributed by atoms with Crippen LogP contribution in [0.25, 0.3) is 10.8 Å². The second-order valence-electron chi connectivity index (χ2n) is 5.59. The van der Waals surface area contributed by atoms with E-state index in [1.807, 2.05) is 6.92 Å². The highest BCUT2D eigenvalue weighted by atomic mass is 32.1. The normalized spacial score (nSPS) is 20.9. The van der Waals surface area contributed by atoms with E-state index >= 15 is 0 Å². The van der Waals surface area contributed by atoms with Crippen LogP contribution in [0.1, 0.15) is 27.5 Å². The fourth-order valence-corrected chi connectivity index (χ4v) is 3.51. The van der Waals surface area contributed by atoms with E-state index in [1.54, 1.807) is 19.1 Å². The Kier molecular flexibility index (Phi) is 3.71. The van der Waals surface area contributed by atoms with Crippen molar-refractivity contribution in [1.29, 1.82) is 0 Å². The third-order valence-corrected chi connectivity index (χ3v) is 4.99. The lowest BCUT2D eigenvalue weighted by Gasteiger charge is -2.17. The number of aliphatic carboxylic acids is 1. The number of halogens is 1. The molecule has 1 unspecified atom stereocenters. The molecule has 0 aliphatic carbocycles. The number of carboxylic acid groups (broad SMARTS) is 1. The molecule has 3 rings (SSSR count). The zero-order valence-corrected chi connectivity index (χ0v) is 13.4. The van der Waals surface area contributed by atoms with Crippen LogP contribution in [0.3, 0.4) is 0 Å². The number of thiazole rings is 1. The van der Waals surface area contributed by atoms with Gasteiger partial charge in [-0.25, -0.2) is 14.2 Å². The predicted molar refractivity (Wildman–Crippen MR) is 81.3 cm³/mol. The molecule has 6 nitrogen and oxygen atoms in total. The van der Waals surface area contributed by atoms with Gasteiger partial charge in [0, 0.05) is 13.0 Å². The van der Waals surface area contributed by atoms with Crippen LogP contribution in [-0.2, 0) is 4.79 Å². The van der Waals surface area contributed by atoms with Crippen molar-refractivity contribution in [1.82, 2.24) is 9.88 Å². The summed E-state index contributed by atoms with van der Waals surface area (Å²) >= 11 is 1.16. The van der Waals surface area contributed by atoms with Gasteiger partial charge in [0.2, 0.25) is 5.67 Å². The van der Waals surface area contributed by atoms with E-state index in [0.717, 1.165) is 17.1 Å². The first-order valence-electron chi connectivity index (χ1n) is 7.06. The SMILES string of the molecule is Cc1ccc(-c2nc(C)c(C(=O)N3CCC(F)(C(=O)O)C3)s2)o1. The highest BCUT2D eigenvalue weighted by molar-refractivity contribution is 7.17. The van der Waals surface area contributed by atoms with Crippen LogP contribution in [0.15, 0.2) is 16.5 Å². The molecule has 1 saturated heterocycles. The Bertz CT molecular complexity index is 784. The van der Waals surface area contributed by atoms with Crippen LogP contribution < -0.4 is 0 Å². The first-order valence-corrected chi connectivity index (χ1v) is 7.87. The number of alkyl halides is 1. The molecule has 0 aromatic carbocycles. The first-order chi connectivity index (χ1) is 10.8. The van der Waals surface area contributed by atoms with Gasteiger partial charge in [-0.3, -0.25) is 4.79 Å². The number of furan rings is 1. The van der Waals surface area contributed by atoms with Crippen molar-refractivity contribution in [3.05, 3.63) is 28.5 Å². The maximum atomic E-state index is 14.1.